The highest BCUT2D eigenvalue weighted by atomic mass is 16.3. The van der Waals surface area contributed by atoms with Crippen LogP contribution in [0.2, 0.25) is 0 Å². The molecule has 0 aliphatic rings. The molecule has 0 unspecified atom stereocenters. The maximum Gasteiger partial charge on any atom is 0.184 e. The first-order valence-electron chi connectivity index (χ1n) is 4.22. The molecule has 0 heterocycles. The van der Waals surface area contributed by atoms with Gasteiger partial charge < -0.3 is 10.2 Å². The summed E-state index contributed by atoms with van der Waals surface area (Å²) in [6.45, 7) is -0.639. The zero-order valence-electron chi connectivity index (χ0n) is 7.84. The summed E-state index contributed by atoms with van der Waals surface area (Å²) in [4.78, 5) is 10.8. The normalized spacial score (nSPS) is 10.8. The van der Waals surface area contributed by atoms with E-state index in [1.165, 1.54) is 24.3 Å². The smallest absolute Gasteiger partial charge is 0.184 e. The highest BCUT2D eigenvalue weighted by Gasteiger charge is 2.02. The zero-order chi connectivity index (χ0) is 11.3. The fourth-order valence-electron chi connectivity index (χ4n) is 0.997. The molecular weight excluding hydrogens is 194 g/mol. The Bertz CT molecular complexity index is 426. The Kier molecular flexibility index (Phi) is 3.61. The number of aliphatic hydroxyl groups excluding tert-OH is 2. The van der Waals surface area contributed by atoms with Gasteiger partial charge in [0.25, 0.3) is 0 Å². The van der Waals surface area contributed by atoms with E-state index in [9.17, 15) is 9.90 Å². The number of hydrogen-bond donors (Lipinski definition) is 2. The topological polar surface area (TPSA) is 81.3 Å². The van der Waals surface area contributed by atoms with E-state index in [-0.39, 0.29) is 5.76 Å². The van der Waals surface area contributed by atoms with Crippen LogP contribution in [0.5, 0.6) is 0 Å². The molecule has 0 aliphatic carbocycles. The van der Waals surface area contributed by atoms with E-state index in [2.05, 4.69) is 0 Å². The fraction of sp³-hybridized carbons (Fsp3) is 0.0909. The second-order valence-corrected chi connectivity index (χ2v) is 2.84. The Morgan fingerprint density at radius 1 is 1.40 bits per heavy atom. The van der Waals surface area contributed by atoms with E-state index in [1.54, 1.807) is 0 Å². The number of aliphatic hydroxyl groups is 2. The molecule has 0 aliphatic heterocycles. The van der Waals surface area contributed by atoms with Gasteiger partial charge in [-0.2, -0.15) is 5.26 Å². The molecule has 2 N–H and O–H groups in total. The van der Waals surface area contributed by atoms with E-state index >= 15 is 0 Å². The second kappa shape index (κ2) is 4.94. The van der Waals surface area contributed by atoms with Crippen LogP contribution in [-0.4, -0.2) is 22.6 Å². The summed E-state index contributed by atoms with van der Waals surface area (Å²) in [6.07, 6.45) is 0.946. The van der Waals surface area contributed by atoms with Gasteiger partial charge in [-0.15, -0.1) is 0 Å². The highest BCUT2D eigenvalue weighted by molar-refractivity contribution is 5.96. The molecular formula is C11H9NO3. The lowest BCUT2D eigenvalue weighted by Crippen LogP contribution is -2.00. The Labute approximate surface area is 86.7 Å². The SMILES string of the molecule is N#Cc1ccc(C(O)=CC(=O)CO)cc1. The van der Waals surface area contributed by atoms with Crippen molar-refractivity contribution in [3.8, 4) is 6.07 Å². The van der Waals surface area contributed by atoms with Gasteiger partial charge in [-0.3, -0.25) is 4.79 Å². The fourth-order valence-corrected chi connectivity index (χ4v) is 0.997. The Hall–Kier alpha value is -2.12. The molecule has 0 spiro atoms. The first-order valence-corrected chi connectivity index (χ1v) is 4.22. The predicted molar refractivity (Wildman–Crippen MR) is 53.9 cm³/mol. The Morgan fingerprint density at radius 2 is 2.00 bits per heavy atom. The van der Waals surface area contributed by atoms with E-state index < -0.39 is 12.4 Å². The molecule has 4 nitrogen and oxygen atoms in total. The molecule has 1 rings (SSSR count). The Balaban J connectivity index is 2.93. The second-order valence-electron chi connectivity index (χ2n) is 2.84. The molecule has 0 atom stereocenters. The first kappa shape index (κ1) is 11.0. The molecule has 1 aromatic carbocycles. The molecule has 76 valence electrons. The third kappa shape index (κ3) is 2.93. The predicted octanol–water partition coefficient (Wildman–Crippen LogP) is 1.02. The largest absolute Gasteiger partial charge is 0.507 e. The monoisotopic (exact) mass is 203 g/mol. The van der Waals surface area contributed by atoms with Gasteiger partial charge in [0.1, 0.15) is 12.4 Å². The van der Waals surface area contributed by atoms with Crippen molar-refractivity contribution in [1.82, 2.24) is 0 Å². The minimum absolute atomic E-state index is 0.224. The third-order valence-electron chi connectivity index (χ3n) is 1.76. The van der Waals surface area contributed by atoms with Gasteiger partial charge in [-0.1, -0.05) is 0 Å². The minimum atomic E-state index is -0.639. The molecule has 0 saturated heterocycles. The molecule has 0 aromatic heterocycles. The summed E-state index contributed by atoms with van der Waals surface area (Å²) in [6, 6.07) is 8.04. The van der Waals surface area contributed by atoms with Gasteiger partial charge >= 0.3 is 0 Å². The van der Waals surface area contributed by atoms with Crippen LogP contribution in [-0.2, 0) is 4.79 Å². The standard InChI is InChI=1S/C11H9NO3/c12-6-8-1-3-9(4-2-8)11(15)5-10(14)7-13/h1-5,13,15H,7H2. The molecule has 15 heavy (non-hydrogen) atoms. The first-order chi connectivity index (χ1) is 7.17. The van der Waals surface area contributed by atoms with Gasteiger partial charge in [0.15, 0.2) is 5.78 Å². The van der Waals surface area contributed by atoms with Gasteiger partial charge in [-0.25, -0.2) is 0 Å². The molecule has 0 radical (unpaired) electrons. The number of hydrogen-bond acceptors (Lipinski definition) is 4. The van der Waals surface area contributed by atoms with E-state index in [0.717, 1.165) is 6.08 Å². The van der Waals surface area contributed by atoms with E-state index in [1.807, 2.05) is 6.07 Å². The number of carbonyl (C=O) groups excluding carboxylic acids is 1. The number of nitriles is 1. The molecule has 0 amide bonds. The van der Waals surface area contributed by atoms with Crippen molar-refractivity contribution in [3.63, 3.8) is 0 Å². The van der Waals surface area contributed by atoms with Gasteiger partial charge in [-0.05, 0) is 24.3 Å². The number of benzene rings is 1. The van der Waals surface area contributed by atoms with Crippen molar-refractivity contribution in [1.29, 1.82) is 5.26 Å². The molecule has 1 aromatic rings. The lowest BCUT2D eigenvalue weighted by Gasteiger charge is -1.99. The summed E-state index contributed by atoms with van der Waals surface area (Å²) in [5.74, 6) is -0.796. The molecule has 0 fully saturated rings. The average Bonchev–Trinajstić information content (AvgIpc) is 2.29. The summed E-state index contributed by atoms with van der Waals surface area (Å²) in [5, 5.41) is 26.4. The lowest BCUT2D eigenvalue weighted by molar-refractivity contribution is -0.117. The summed E-state index contributed by atoms with van der Waals surface area (Å²) in [5.41, 5.74) is 0.899. The van der Waals surface area contributed by atoms with Gasteiger partial charge in [0.2, 0.25) is 0 Å². The van der Waals surface area contributed by atoms with Crippen LogP contribution in [0.1, 0.15) is 11.1 Å². The van der Waals surface area contributed by atoms with Crippen LogP contribution >= 0.6 is 0 Å². The van der Waals surface area contributed by atoms with E-state index in [4.69, 9.17) is 10.4 Å². The molecule has 0 saturated carbocycles. The van der Waals surface area contributed by atoms with Crippen LogP contribution < -0.4 is 0 Å². The van der Waals surface area contributed by atoms with Crippen LogP contribution in [0.25, 0.3) is 5.76 Å². The van der Waals surface area contributed by atoms with Crippen LogP contribution in [0.15, 0.2) is 30.3 Å². The van der Waals surface area contributed by atoms with Crippen molar-refractivity contribution >= 4 is 11.5 Å². The number of rotatable bonds is 3. The van der Waals surface area contributed by atoms with Crippen molar-refractivity contribution in [2.45, 2.75) is 0 Å². The third-order valence-corrected chi connectivity index (χ3v) is 1.76. The minimum Gasteiger partial charge on any atom is -0.507 e. The van der Waals surface area contributed by atoms with E-state index in [0.29, 0.717) is 11.1 Å². The number of ketones is 1. The maximum absolute atomic E-state index is 10.8. The van der Waals surface area contributed by atoms with Crippen molar-refractivity contribution in [2.75, 3.05) is 6.61 Å². The van der Waals surface area contributed by atoms with Crippen LogP contribution in [0.4, 0.5) is 0 Å². The molecule has 4 heteroatoms. The summed E-state index contributed by atoms with van der Waals surface area (Å²) >= 11 is 0. The van der Waals surface area contributed by atoms with Crippen molar-refractivity contribution in [2.24, 2.45) is 0 Å². The Morgan fingerprint density at radius 3 is 2.47 bits per heavy atom. The van der Waals surface area contributed by atoms with Crippen molar-refractivity contribution in [3.05, 3.63) is 41.5 Å². The summed E-state index contributed by atoms with van der Waals surface area (Å²) in [7, 11) is 0. The summed E-state index contributed by atoms with van der Waals surface area (Å²) < 4.78 is 0. The zero-order valence-corrected chi connectivity index (χ0v) is 7.84. The van der Waals surface area contributed by atoms with Crippen molar-refractivity contribution < 1.29 is 15.0 Å². The maximum atomic E-state index is 10.8. The number of carbonyl (C=O) groups is 1. The quantitative estimate of drug-likeness (QED) is 0.567. The lowest BCUT2D eigenvalue weighted by atomic mass is 10.1. The van der Waals surface area contributed by atoms with Crippen LogP contribution in [0.3, 0.4) is 0 Å². The molecule has 0 bridgehead atoms. The highest BCUT2D eigenvalue weighted by Crippen LogP contribution is 2.11. The van der Waals surface area contributed by atoms with Gasteiger partial charge in [0, 0.05) is 11.6 Å². The average molecular weight is 203 g/mol. The van der Waals surface area contributed by atoms with Crippen LogP contribution in [0, 0.1) is 11.3 Å². The van der Waals surface area contributed by atoms with Gasteiger partial charge in [0.05, 0.1) is 11.6 Å². The number of nitrogens with zero attached hydrogens (tertiary/aromatic N) is 1.